The van der Waals surface area contributed by atoms with Crippen LogP contribution >= 0.6 is 23.2 Å². The molecule has 0 aromatic heterocycles. The number of nitrogens with zero attached hydrogens (tertiary/aromatic N) is 2. The second-order valence-electron chi connectivity index (χ2n) is 7.42. The number of quaternary nitrogens is 1. The summed E-state index contributed by atoms with van der Waals surface area (Å²) in [5.74, 6) is 0. The van der Waals surface area contributed by atoms with Gasteiger partial charge in [-0.25, -0.2) is 3.89 Å². The van der Waals surface area contributed by atoms with Gasteiger partial charge in [-0.1, -0.05) is 41.4 Å². The van der Waals surface area contributed by atoms with Crippen LogP contribution in [-0.2, 0) is 16.4 Å². The van der Waals surface area contributed by atoms with Gasteiger partial charge in [-0.2, -0.15) is 13.7 Å². The number of hydrogen-bond donors (Lipinski definition) is 0. The Morgan fingerprint density at radius 3 is 2.36 bits per heavy atom. The van der Waals surface area contributed by atoms with Crippen molar-refractivity contribution < 1.29 is 12.3 Å². The lowest BCUT2D eigenvalue weighted by atomic mass is 10.1. The molecule has 1 aliphatic carbocycles. The van der Waals surface area contributed by atoms with Gasteiger partial charge >= 0.3 is 10.0 Å². The Hall–Kier alpha value is -1.58. The number of hydrogen-bond acceptors (Lipinski definition) is 3. The first-order valence-electron chi connectivity index (χ1n) is 9.33. The maximum Gasteiger partial charge on any atom is 0.328 e. The summed E-state index contributed by atoms with van der Waals surface area (Å²) in [5.41, 5.74) is 1.60. The van der Waals surface area contributed by atoms with Crippen molar-refractivity contribution in [2.75, 3.05) is 13.6 Å². The molecule has 1 fully saturated rings. The van der Waals surface area contributed by atoms with E-state index in [0.717, 1.165) is 31.2 Å². The lowest BCUT2D eigenvalue weighted by Crippen LogP contribution is -2.56. The Kier molecular flexibility index (Phi) is 6.36. The second-order valence-corrected chi connectivity index (χ2v) is 10.4. The first-order chi connectivity index (χ1) is 13.3. The molecule has 1 saturated carbocycles. The van der Waals surface area contributed by atoms with E-state index in [1.165, 1.54) is 6.07 Å². The van der Waals surface area contributed by atoms with Gasteiger partial charge in [0.25, 0.3) is 0 Å². The number of nitriles is 1. The van der Waals surface area contributed by atoms with E-state index in [2.05, 4.69) is 6.07 Å². The van der Waals surface area contributed by atoms with E-state index in [-0.39, 0.29) is 24.9 Å². The number of halogens is 2. The monoisotopic (exact) mass is 437 g/mol. The molecule has 28 heavy (non-hydrogen) atoms. The third kappa shape index (κ3) is 3.92. The molecule has 0 radical (unpaired) electrons. The van der Waals surface area contributed by atoms with Crippen LogP contribution in [0.4, 0.5) is 0 Å². The second kappa shape index (κ2) is 8.42. The van der Waals surface area contributed by atoms with Crippen LogP contribution in [0, 0.1) is 11.3 Å². The molecule has 0 saturated heterocycles. The Labute approximate surface area is 176 Å². The van der Waals surface area contributed by atoms with E-state index in [1.54, 1.807) is 31.3 Å². The normalized spacial score (nSPS) is 17.2. The van der Waals surface area contributed by atoms with Gasteiger partial charge in [0, 0.05) is 19.3 Å². The molecule has 1 atom stereocenters. The molecule has 0 spiro atoms. The summed E-state index contributed by atoms with van der Waals surface area (Å²) in [6.45, 7) is 0.432. The smallest absolute Gasteiger partial charge is 0.214 e. The molecule has 2 aromatic carbocycles. The lowest BCUT2D eigenvalue weighted by Gasteiger charge is -2.38. The largest absolute Gasteiger partial charge is 0.328 e. The molecule has 148 valence electrons. The molecule has 0 bridgehead atoms. The number of rotatable bonds is 6. The summed E-state index contributed by atoms with van der Waals surface area (Å²) in [4.78, 5) is 0.0934. The van der Waals surface area contributed by atoms with Crippen LogP contribution in [0.3, 0.4) is 0 Å². The molecule has 1 unspecified atom stereocenters. The summed E-state index contributed by atoms with van der Waals surface area (Å²) >= 11 is 12.4. The zero-order valence-corrected chi connectivity index (χ0v) is 18.1. The topological polar surface area (TPSA) is 57.9 Å². The third-order valence-electron chi connectivity index (χ3n) is 5.77. The molecular formula is C21H23Cl2N2O2S+. The fourth-order valence-electron chi connectivity index (χ4n) is 3.95. The highest BCUT2D eigenvalue weighted by Gasteiger charge is 2.47. The number of likely N-dealkylation sites (N-methyl/N-ethyl adjacent to an activating group) is 1. The molecule has 0 aliphatic heterocycles. The molecular weight excluding hydrogens is 415 g/mol. The minimum Gasteiger partial charge on any atom is -0.214 e. The summed E-state index contributed by atoms with van der Waals surface area (Å²) in [7, 11) is -1.95. The molecule has 1 aliphatic rings. The van der Waals surface area contributed by atoms with Gasteiger partial charge in [0.2, 0.25) is 0 Å². The molecule has 0 heterocycles. The first-order valence-corrected chi connectivity index (χ1v) is 11.5. The maximum absolute atomic E-state index is 13.7. The van der Waals surface area contributed by atoms with Crippen molar-refractivity contribution in [3.05, 3.63) is 63.6 Å². The highest BCUT2D eigenvalue weighted by Crippen LogP contribution is 2.38. The Bertz CT molecular complexity index is 994. The van der Waals surface area contributed by atoms with Crippen LogP contribution in [0.2, 0.25) is 10.0 Å². The van der Waals surface area contributed by atoms with Gasteiger partial charge in [0.05, 0.1) is 35.3 Å². The van der Waals surface area contributed by atoms with Crippen molar-refractivity contribution in [1.29, 1.82) is 5.26 Å². The predicted octanol–water partition coefficient (Wildman–Crippen LogP) is 5.19. The zero-order valence-electron chi connectivity index (χ0n) is 15.7. The van der Waals surface area contributed by atoms with Gasteiger partial charge in [-0.3, -0.25) is 0 Å². The Morgan fingerprint density at radius 1 is 1.11 bits per heavy atom. The van der Waals surface area contributed by atoms with Crippen LogP contribution in [0.25, 0.3) is 0 Å². The van der Waals surface area contributed by atoms with Gasteiger partial charge in [-0.05, 0) is 42.7 Å². The van der Waals surface area contributed by atoms with Crippen LogP contribution in [0.1, 0.15) is 36.8 Å². The summed E-state index contributed by atoms with van der Waals surface area (Å²) < 4.78 is 27.4. The standard InChI is InChI=1S/C21H23Cl2N2O2S/c1-25(18-5-2-3-6-18,14-13-16-9-11-17(15-24)12-10-16)28(26,27)20-8-4-7-19(22)21(20)23/h4,7-12,18H,2-3,5-6,13-14H2,1H3/q+1. The summed E-state index contributed by atoms with van der Waals surface area (Å²) in [6.07, 6.45) is 4.42. The van der Waals surface area contributed by atoms with Crippen LogP contribution in [0.5, 0.6) is 0 Å². The fourth-order valence-corrected chi connectivity index (χ4v) is 6.57. The van der Waals surface area contributed by atoms with E-state index >= 15 is 0 Å². The summed E-state index contributed by atoms with van der Waals surface area (Å²) in [5, 5.41) is 9.29. The number of sulfonamides is 1. The van der Waals surface area contributed by atoms with E-state index < -0.39 is 10.0 Å². The first kappa shape index (κ1) is 21.1. The fraction of sp³-hybridized carbons (Fsp3) is 0.381. The molecule has 3 rings (SSSR count). The van der Waals surface area contributed by atoms with Crippen LogP contribution in [-0.4, -0.2) is 31.9 Å². The Morgan fingerprint density at radius 2 is 1.75 bits per heavy atom. The SMILES string of the molecule is C[N+](CCc1ccc(C#N)cc1)(C1CCCC1)S(=O)(=O)c1cccc(Cl)c1Cl. The molecule has 0 N–H and O–H groups in total. The molecule has 7 heteroatoms. The van der Waals surface area contributed by atoms with Crippen LogP contribution < -0.4 is 0 Å². The van der Waals surface area contributed by atoms with E-state index in [4.69, 9.17) is 28.5 Å². The lowest BCUT2D eigenvalue weighted by molar-refractivity contribution is -0.812. The molecule has 0 amide bonds. The highest BCUT2D eigenvalue weighted by molar-refractivity contribution is 7.86. The third-order valence-corrected chi connectivity index (χ3v) is 9.17. The minimum absolute atomic E-state index is 0.0263. The maximum atomic E-state index is 13.7. The quantitative estimate of drug-likeness (QED) is 0.584. The predicted molar refractivity (Wildman–Crippen MR) is 112 cm³/mol. The average Bonchev–Trinajstić information content (AvgIpc) is 3.23. The van der Waals surface area contributed by atoms with Crippen molar-refractivity contribution in [2.24, 2.45) is 0 Å². The van der Waals surface area contributed by atoms with E-state index in [1.807, 2.05) is 12.1 Å². The summed E-state index contributed by atoms with van der Waals surface area (Å²) in [6, 6.07) is 14.2. The van der Waals surface area contributed by atoms with Gasteiger partial charge in [0.15, 0.2) is 0 Å². The van der Waals surface area contributed by atoms with Gasteiger partial charge in [0.1, 0.15) is 10.9 Å². The molecule has 4 nitrogen and oxygen atoms in total. The van der Waals surface area contributed by atoms with E-state index in [0.29, 0.717) is 18.5 Å². The Balaban J connectivity index is 1.97. The van der Waals surface area contributed by atoms with Gasteiger partial charge < -0.3 is 0 Å². The van der Waals surface area contributed by atoms with Crippen molar-refractivity contribution >= 4 is 33.2 Å². The van der Waals surface area contributed by atoms with Crippen LogP contribution in [0.15, 0.2) is 47.4 Å². The average molecular weight is 438 g/mol. The minimum atomic E-state index is -3.75. The van der Waals surface area contributed by atoms with Crippen molar-refractivity contribution in [1.82, 2.24) is 0 Å². The van der Waals surface area contributed by atoms with E-state index in [9.17, 15) is 8.42 Å². The zero-order chi connectivity index (χ0) is 20.4. The van der Waals surface area contributed by atoms with Crippen molar-refractivity contribution in [3.63, 3.8) is 0 Å². The van der Waals surface area contributed by atoms with Gasteiger partial charge in [-0.15, -0.1) is 0 Å². The highest BCUT2D eigenvalue weighted by atomic mass is 35.5. The van der Waals surface area contributed by atoms with Crippen molar-refractivity contribution in [2.45, 2.75) is 43.0 Å². The van der Waals surface area contributed by atoms with Crippen molar-refractivity contribution in [3.8, 4) is 6.07 Å². The molecule has 2 aromatic rings. The number of benzene rings is 2.